The molecule has 1 aliphatic heterocycles. The van der Waals surface area contributed by atoms with Crippen molar-refractivity contribution in [3.63, 3.8) is 0 Å². The van der Waals surface area contributed by atoms with Crippen molar-refractivity contribution >= 4 is 5.95 Å². The SMILES string of the molecule is CCNc1ncc(CN2CCCC(c3[nH]ncc3-c3ccc(F)cc3)C2)cn1. The van der Waals surface area contributed by atoms with Crippen LogP contribution in [0.25, 0.3) is 11.1 Å². The number of piperidine rings is 1. The molecule has 1 aromatic carbocycles. The van der Waals surface area contributed by atoms with E-state index in [4.69, 9.17) is 0 Å². The Labute approximate surface area is 164 Å². The highest BCUT2D eigenvalue weighted by Crippen LogP contribution is 2.33. The number of anilines is 1. The van der Waals surface area contributed by atoms with E-state index in [9.17, 15) is 4.39 Å². The van der Waals surface area contributed by atoms with Crippen molar-refractivity contribution in [2.45, 2.75) is 32.2 Å². The molecule has 1 fully saturated rings. The van der Waals surface area contributed by atoms with Crippen molar-refractivity contribution in [2.75, 3.05) is 25.0 Å². The number of benzene rings is 1. The van der Waals surface area contributed by atoms with Gasteiger partial charge in [-0.2, -0.15) is 5.10 Å². The number of aromatic nitrogens is 4. The zero-order valence-corrected chi connectivity index (χ0v) is 16.0. The maximum atomic E-state index is 13.3. The average molecular weight is 380 g/mol. The molecule has 0 amide bonds. The van der Waals surface area contributed by atoms with Gasteiger partial charge in [-0.1, -0.05) is 12.1 Å². The van der Waals surface area contributed by atoms with Crippen LogP contribution < -0.4 is 5.32 Å². The summed E-state index contributed by atoms with van der Waals surface area (Å²) in [7, 11) is 0. The van der Waals surface area contributed by atoms with Crippen LogP contribution in [0.5, 0.6) is 0 Å². The molecule has 0 bridgehead atoms. The first kappa shape index (κ1) is 18.6. The zero-order valence-electron chi connectivity index (χ0n) is 16.0. The van der Waals surface area contributed by atoms with Crippen LogP contribution >= 0.6 is 0 Å². The molecular weight excluding hydrogens is 355 g/mol. The minimum absolute atomic E-state index is 0.222. The number of hydrogen-bond donors (Lipinski definition) is 2. The number of H-pyrrole nitrogens is 1. The second kappa shape index (κ2) is 8.48. The summed E-state index contributed by atoms with van der Waals surface area (Å²) in [5.41, 5.74) is 4.31. The minimum atomic E-state index is -0.222. The molecule has 0 radical (unpaired) electrons. The second-order valence-electron chi connectivity index (χ2n) is 7.22. The molecule has 3 aromatic rings. The van der Waals surface area contributed by atoms with E-state index in [-0.39, 0.29) is 5.82 Å². The third kappa shape index (κ3) is 4.20. The fourth-order valence-corrected chi connectivity index (χ4v) is 3.85. The predicted molar refractivity (Wildman–Crippen MR) is 107 cm³/mol. The molecule has 2 N–H and O–H groups in total. The summed E-state index contributed by atoms with van der Waals surface area (Å²) in [6.07, 6.45) is 7.88. The standard InChI is InChI=1S/C21H25FN6/c1-2-23-21-24-10-15(11-25-21)13-28-9-3-4-17(14-28)20-19(12-26-27-20)16-5-7-18(22)8-6-16/h5-8,10-12,17H,2-4,9,13-14H2,1H3,(H,26,27)(H,23,24,25). The van der Waals surface area contributed by atoms with E-state index in [0.29, 0.717) is 11.9 Å². The summed E-state index contributed by atoms with van der Waals surface area (Å²) in [4.78, 5) is 11.2. The molecule has 2 aromatic heterocycles. The second-order valence-corrected chi connectivity index (χ2v) is 7.22. The highest BCUT2D eigenvalue weighted by molar-refractivity contribution is 5.65. The Bertz CT molecular complexity index is 890. The number of nitrogens with zero attached hydrogens (tertiary/aromatic N) is 4. The van der Waals surface area contributed by atoms with Gasteiger partial charge in [0.2, 0.25) is 5.95 Å². The van der Waals surface area contributed by atoms with Gasteiger partial charge in [0.15, 0.2) is 0 Å². The molecule has 4 rings (SSSR count). The van der Waals surface area contributed by atoms with Crippen molar-refractivity contribution in [1.29, 1.82) is 0 Å². The van der Waals surface area contributed by atoms with Gasteiger partial charge < -0.3 is 5.32 Å². The lowest BCUT2D eigenvalue weighted by Gasteiger charge is -2.32. The fraction of sp³-hybridized carbons (Fsp3) is 0.381. The van der Waals surface area contributed by atoms with Gasteiger partial charge in [0, 0.05) is 54.8 Å². The van der Waals surface area contributed by atoms with Crippen LogP contribution in [0.3, 0.4) is 0 Å². The molecule has 0 spiro atoms. The van der Waals surface area contributed by atoms with E-state index in [0.717, 1.165) is 61.4 Å². The fourth-order valence-electron chi connectivity index (χ4n) is 3.85. The maximum absolute atomic E-state index is 13.3. The molecule has 0 saturated carbocycles. The molecule has 146 valence electrons. The summed E-state index contributed by atoms with van der Waals surface area (Å²) in [6.45, 7) is 5.69. The van der Waals surface area contributed by atoms with Crippen LogP contribution in [0, 0.1) is 5.82 Å². The predicted octanol–water partition coefficient (Wildman–Crippen LogP) is 3.82. The summed E-state index contributed by atoms with van der Waals surface area (Å²) < 4.78 is 13.3. The number of halogens is 1. The molecule has 3 heterocycles. The summed E-state index contributed by atoms with van der Waals surface area (Å²) in [5.74, 6) is 0.822. The Balaban J connectivity index is 1.46. The summed E-state index contributed by atoms with van der Waals surface area (Å²) in [6, 6.07) is 6.62. The van der Waals surface area contributed by atoms with Gasteiger partial charge in [-0.05, 0) is 44.0 Å². The molecule has 1 unspecified atom stereocenters. The third-order valence-corrected chi connectivity index (χ3v) is 5.18. The van der Waals surface area contributed by atoms with E-state index >= 15 is 0 Å². The van der Waals surface area contributed by atoms with Crippen LogP contribution in [-0.2, 0) is 6.54 Å². The van der Waals surface area contributed by atoms with Crippen LogP contribution in [-0.4, -0.2) is 44.7 Å². The quantitative estimate of drug-likeness (QED) is 0.680. The van der Waals surface area contributed by atoms with Gasteiger partial charge >= 0.3 is 0 Å². The van der Waals surface area contributed by atoms with Gasteiger partial charge in [-0.15, -0.1) is 0 Å². The molecular formula is C21H25FN6. The largest absolute Gasteiger partial charge is 0.355 e. The lowest BCUT2D eigenvalue weighted by Crippen LogP contribution is -2.34. The van der Waals surface area contributed by atoms with Crippen molar-refractivity contribution < 1.29 is 4.39 Å². The van der Waals surface area contributed by atoms with Crippen LogP contribution in [0.1, 0.15) is 36.9 Å². The van der Waals surface area contributed by atoms with Crippen LogP contribution in [0.4, 0.5) is 10.3 Å². The van der Waals surface area contributed by atoms with E-state index in [1.54, 1.807) is 0 Å². The lowest BCUT2D eigenvalue weighted by atomic mass is 9.90. The van der Waals surface area contributed by atoms with E-state index in [1.165, 1.54) is 12.1 Å². The first-order valence-corrected chi connectivity index (χ1v) is 9.79. The normalized spacial score (nSPS) is 17.6. The van der Waals surface area contributed by atoms with Gasteiger partial charge in [-0.3, -0.25) is 10.00 Å². The smallest absolute Gasteiger partial charge is 0.222 e. The van der Waals surface area contributed by atoms with Crippen LogP contribution in [0.2, 0.25) is 0 Å². The van der Waals surface area contributed by atoms with Crippen molar-refractivity contribution in [3.8, 4) is 11.1 Å². The van der Waals surface area contributed by atoms with Crippen LogP contribution in [0.15, 0.2) is 42.9 Å². The Morgan fingerprint density at radius 3 is 2.71 bits per heavy atom. The van der Waals surface area contributed by atoms with Crippen molar-refractivity contribution in [3.05, 3.63) is 59.9 Å². The van der Waals surface area contributed by atoms with Gasteiger partial charge in [0.05, 0.1) is 6.20 Å². The Morgan fingerprint density at radius 1 is 1.18 bits per heavy atom. The number of hydrogen-bond acceptors (Lipinski definition) is 5. The zero-order chi connectivity index (χ0) is 19.3. The Morgan fingerprint density at radius 2 is 1.96 bits per heavy atom. The highest BCUT2D eigenvalue weighted by Gasteiger charge is 2.25. The molecule has 28 heavy (non-hydrogen) atoms. The van der Waals surface area contributed by atoms with E-state index < -0.39 is 0 Å². The first-order valence-electron chi connectivity index (χ1n) is 9.79. The van der Waals surface area contributed by atoms with Gasteiger partial charge in [0.25, 0.3) is 0 Å². The number of rotatable bonds is 6. The Hall–Kier alpha value is -2.80. The molecule has 1 saturated heterocycles. The average Bonchev–Trinajstić information content (AvgIpc) is 3.20. The molecule has 7 heteroatoms. The summed E-state index contributed by atoms with van der Waals surface area (Å²) in [5, 5.41) is 10.6. The molecule has 1 aliphatic rings. The third-order valence-electron chi connectivity index (χ3n) is 5.18. The van der Waals surface area contributed by atoms with Crippen molar-refractivity contribution in [1.82, 2.24) is 25.1 Å². The Kier molecular flexibility index (Phi) is 5.62. The maximum Gasteiger partial charge on any atom is 0.222 e. The number of likely N-dealkylation sites (tertiary alicyclic amines) is 1. The lowest BCUT2D eigenvalue weighted by molar-refractivity contribution is 0.198. The molecule has 6 nitrogen and oxygen atoms in total. The van der Waals surface area contributed by atoms with Gasteiger partial charge in [-0.25, -0.2) is 14.4 Å². The highest BCUT2D eigenvalue weighted by atomic mass is 19.1. The number of aromatic amines is 1. The topological polar surface area (TPSA) is 69.7 Å². The van der Waals surface area contributed by atoms with E-state index in [2.05, 4.69) is 30.4 Å². The number of nitrogens with one attached hydrogen (secondary N) is 2. The molecule has 0 aliphatic carbocycles. The monoisotopic (exact) mass is 380 g/mol. The van der Waals surface area contributed by atoms with E-state index in [1.807, 2.05) is 37.6 Å². The van der Waals surface area contributed by atoms with Gasteiger partial charge in [0.1, 0.15) is 5.82 Å². The first-order chi connectivity index (χ1) is 13.7. The summed E-state index contributed by atoms with van der Waals surface area (Å²) >= 11 is 0. The molecule has 1 atom stereocenters. The van der Waals surface area contributed by atoms with Crippen molar-refractivity contribution in [2.24, 2.45) is 0 Å². The minimum Gasteiger partial charge on any atom is -0.355 e.